The van der Waals surface area contributed by atoms with Gasteiger partial charge in [-0.3, -0.25) is 14.9 Å². The van der Waals surface area contributed by atoms with E-state index in [1.165, 1.54) is 42.5 Å². The van der Waals surface area contributed by atoms with E-state index < -0.39 is 18.7 Å². The minimum atomic E-state index is -4.38. The Morgan fingerprint density at radius 1 is 1.16 bits per heavy atom. The van der Waals surface area contributed by atoms with Gasteiger partial charge in [-0.15, -0.1) is 11.3 Å². The molecule has 11 heteroatoms. The zero-order chi connectivity index (χ0) is 22.4. The van der Waals surface area contributed by atoms with Gasteiger partial charge in [-0.05, 0) is 29.8 Å². The van der Waals surface area contributed by atoms with Crippen LogP contribution in [0, 0.1) is 0 Å². The molecule has 1 aromatic carbocycles. The molecule has 31 heavy (non-hydrogen) atoms. The predicted octanol–water partition coefficient (Wildman–Crippen LogP) is 4.37. The summed E-state index contributed by atoms with van der Waals surface area (Å²) in [5.41, 5.74) is 1.38. The third kappa shape index (κ3) is 6.93. The van der Waals surface area contributed by atoms with Crippen LogP contribution in [-0.4, -0.2) is 29.6 Å². The first-order valence-corrected chi connectivity index (χ1v) is 9.91. The summed E-state index contributed by atoms with van der Waals surface area (Å²) in [5, 5.41) is 7.38. The van der Waals surface area contributed by atoms with Crippen molar-refractivity contribution in [3.63, 3.8) is 0 Å². The Morgan fingerprint density at radius 2 is 1.90 bits per heavy atom. The number of hydrogen-bond donors (Lipinski definition) is 2. The van der Waals surface area contributed by atoms with Crippen molar-refractivity contribution in [2.24, 2.45) is 0 Å². The molecule has 7 nitrogen and oxygen atoms in total. The number of carbonyl (C=O) groups is 2. The Hall–Kier alpha value is -3.18. The molecule has 0 unspecified atom stereocenters. The number of furan rings is 1. The summed E-state index contributed by atoms with van der Waals surface area (Å²) in [6.45, 7) is 0.144. The highest BCUT2D eigenvalue weighted by atomic mass is 32.1. The molecule has 0 aliphatic heterocycles. The van der Waals surface area contributed by atoms with E-state index in [9.17, 15) is 22.8 Å². The van der Waals surface area contributed by atoms with Gasteiger partial charge < -0.3 is 14.5 Å². The normalized spacial score (nSPS) is 11.4. The summed E-state index contributed by atoms with van der Waals surface area (Å²) in [4.78, 5) is 27.7. The number of hydrogen-bond acceptors (Lipinski definition) is 6. The Balaban J connectivity index is 1.55. The number of nitrogens with one attached hydrogen (secondary N) is 2. The average Bonchev–Trinajstić information content (AvgIpc) is 3.35. The van der Waals surface area contributed by atoms with E-state index in [0.29, 0.717) is 33.5 Å². The number of thiazole rings is 1. The molecule has 3 aromatic rings. The van der Waals surface area contributed by atoms with Crippen molar-refractivity contribution in [3.8, 4) is 11.5 Å². The monoisotopic (exact) mass is 453 g/mol. The molecule has 0 fully saturated rings. The molecule has 0 bridgehead atoms. The van der Waals surface area contributed by atoms with E-state index in [0.717, 1.165) is 0 Å². The van der Waals surface area contributed by atoms with Gasteiger partial charge in [0.2, 0.25) is 5.91 Å². The van der Waals surface area contributed by atoms with Crippen LogP contribution in [0.5, 0.6) is 0 Å². The van der Waals surface area contributed by atoms with E-state index in [1.54, 1.807) is 17.5 Å². The average molecular weight is 453 g/mol. The third-order valence-electron chi connectivity index (χ3n) is 3.90. The molecule has 2 N–H and O–H groups in total. The Bertz CT molecular complexity index is 1040. The van der Waals surface area contributed by atoms with Gasteiger partial charge in [-0.25, -0.2) is 4.98 Å². The van der Waals surface area contributed by atoms with Crippen molar-refractivity contribution in [1.82, 2.24) is 10.3 Å². The standard InChI is InChI=1S/C20H18F3N3O4S/c1-12(27)24-8-15-6-7-17(30-15)16-10-31-19(25-16)26-18(28)14-4-2-13(3-5-14)9-29-11-20(21,22)23/h2-7,10H,8-9,11H2,1H3,(H,24,27)(H,25,26,28). The maximum absolute atomic E-state index is 12.4. The van der Waals surface area contributed by atoms with Crippen LogP contribution in [0.15, 0.2) is 46.2 Å². The Kier molecular flexibility index (Phi) is 7.08. The van der Waals surface area contributed by atoms with Crippen LogP contribution >= 0.6 is 11.3 Å². The summed E-state index contributed by atoms with van der Waals surface area (Å²) in [7, 11) is 0. The molecule has 2 heterocycles. The first kappa shape index (κ1) is 22.5. The summed E-state index contributed by atoms with van der Waals surface area (Å²) in [6.07, 6.45) is -4.38. The van der Waals surface area contributed by atoms with Gasteiger partial charge in [0.1, 0.15) is 18.1 Å². The fraction of sp³-hybridized carbons (Fsp3) is 0.250. The molecule has 0 radical (unpaired) electrons. The SMILES string of the molecule is CC(=O)NCc1ccc(-c2csc(NC(=O)c3ccc(COCC(F)(F)F)cc3)n2)o1. The van der Waals surface area contributed by atoms with Crippen molar-refractivity contribution in [1.29, 1.82) is 0 Å². The minimum absolute atomic E-state index is 0.168. The molecular formula is C20H18F3N3O4S. The summed E-state index contributed by atoms with van der Waals surface area (Å²) in [6, 6.07) is 9.49. The number of aromatic nitrogens is 1. The second kappa shape index (κ2) is 9.75. The van der Waals surface area contributed by atoms with Crippen LogP contribution in [0.4, 0.5) is 18.3 Å². The molecule has 0 spiro atoms. The molecule has 0 atom stereocenters. The van der Waals surface area contributed by atoms with E-state index >= 15 is 0 Å². The molecule has 2 amide bonds. The molecule has 0 aliphatic rings. The molecule has 164 valence electrons. The molecule has 2 aromatic heterocycles. The first-order valence-electron chi connectivity index (χ1n) is 9.03. The topological polar surface area (TPSA) is 93.5 Å². The van der Waals surface area contributed by atoms with Gasteiger partial charge in [-0.1, -0.05) is 12.1 Å². The van der Waals surface area contributed by atoms with Gasteiger partial charge in [0.05, 0.1) is 13.2 Å². The van der Waals surface area contributed by atoms with E-state index in [2.05, 4.69) is 20.4 Å². The third-order valence-corrected chi connectivity index (χ3v) is 4.66. The Labute approximate surface area is 179 Å². The number of anilines is 1. The lowest BCUT2D eigenvalue weighted by atomic mass is 10.1. The smallest absolute Gasteiger partial charge is 0.411 e. The lowest BCUT2D eigenvalue weighted by molar-refractivity contribution is -0.176. The molecule has 0 saturated carbocycles. The zero-order valence-corrected chi connectivity index (χ0v) is 17.1. The van der Waals surface area contributed by atoms with Gasteiger partial charge in [0.25, 0.3) is 5.91 Å². The molecule has 0 aliphatic carbocycles. The van der Waals surface area contributed by atoms with Crippen LogP contribution in [-0.2, 0) is 22.7 Å². The second-order valence-corrected chi connectivity index (χ2v) is 7.33. The first-order chi connectivity index (χ1) is 14.7. The predicted molar refractivity (Wildman–Crippen MR) is 107 cm³/mol. The van der Waals surface area contributed by atoms with Crippen LogP contribution < -0.4 is 10.6 Å². The van der Waals surface area contributed by atoms with Crippen LogP contribution in [0.25, 0.3) is 11.5 Å². The van der Waals surface area contributed by atoms with Crippen LogP contribution in [0.1, 0.15) is 28.6 Å². The molecule has 0 saturated heterocycles. The van der Waals surface area contributed by atoms with Gasteiger partial charge in [0.15, 0.2) is 10.9 Å². The Morgan fingerprint density at radius 3 is 2.58 bits per heavy atom. The second-order valence-electron chi connectivity index (χ2n) is 6.47. The summed E-state index contributed by atoms with van der Waals surface area (Å²) in [5.74, 6) is 0.497. The number of benzene rings is 1. The maximum Gasteiger partial charge on any atom is 0.411 e. The summed E-state index contributed by atoms with van der Waals surface area (Å²) < 4.78 is 46.5. The number of ether oxygens (including phenoxy) is 1. The van der Waals surface area contributed by atoms with Crippen molar-refractivity contribution >= 4 is 28.3 Å². The van der Waals surface area contributed by atoms with E-state index in [4.69, 9.17) is 4.42 Å². The van der Waals surface area contributed by atoms with Crippen LogP contribution in [0.2, 0.25) is 0 Å². The largest absolute Gasteiger partial charge is 0.458 e. The van der Waals surface area contributed by atoms with Crippen molar-refractivity contribution in [2.75, 3.05) is 11.9 Å². The van der Waals surface area contributed by atoms with E-state index in [1.807, 2.05) is 0 Å². The summed E-state index contributed by atoms with van der Waals surface area (Å²) >= 11 is 1.21. The van der Waals surface area contributed by atoms with Crippen molar-refractivity contribution in [3.05, 3.63) is 58.7 Å². The highest BCUT2D eigenvalue weighted by Crippen LogP contribution is 2.27. The van der Waals surface area contributed by atoms with Gasteiger partial charge in [-0.2, -0.15) is 13.2 Å². The van der Waals surface area contributed by atoms with Gasteiger partial charge in [0, 0.05) is 17.9 Å². The fourth-order valence-electron chi connectivity index (χ4n) is 2.47. The number of amides is 2. The lowest BCUT2D eigenvalue weighted by Crippen LogP contribution is -2.18. The van der Waals surface area contributed by atoms with Gasteiger partial charge >= 0.3 is 6.18 Å². The fourth-order valence-corrected chi connectivity index (χ4v) is 3.17. The highest BCUT2D eigenvalue weighted by Gasteiger charge is 2.27. The lowest BCUT2D eigenvalue weighted by Gasteiger charge is -2.08. The number of halogens is 3. The number of rotatable bonds is 8. The van der Waals surface area contributed by atoms with Crippen molar-refractivity contribution in [2.45, 2.75) is 26.3 Å². The number of carbonyl (C=O) groups excluding carboxylic acids is 2. The number of nitrogens with zero attached hydrogens (tertiary/aromatic N) is 1. The van der Waals surface area contributed by atoms with Crippen molar-refractivity contribution < 1.29 is 31.9 Å². The molecule has 3 rings (SSSR count). The molecular weight excluding hydrogens is 435 g/mol. The van der Waals surface area contributed by atoms with Crippen LogP contribution in [0.3, 0.4) is 0 Å². The minimum Gasteiger partial charge on any atom is -0.458 e. The quantitative estimate of drug-likeness (QED) is 0.528. The maximum atomic E-state index is 12.4. The number of alkyl halides is 3. The highest BCUT2D eigenvalue weighted by molar-refractivity contribution is 7.14. The van der Waals surface area contributed by atoms with E-state index in [-0.39, 0.29) is 19.1 Å². The zero-order valence-electron chi connectivity index (χ0n) is 16.3.